The minimum absolute atomic E-state index is 0.106. The molecule has 0 aromatic carbocycles. The lowest BCUT2D eigenvalue weighted by Crippen LogP contribution is -2.74. The van der Waals surface area contributed by atoms with E-state index in [0.29, 0.717) is 0 Å². The predicted octanol–water partition coefficient (Wildman–Crippen LogP) is 6.72. The number of quaternary nitrogens is 1. The quantitative estimate of drug-likeness (QED) is 0.180. The number of hydrogen-bond acceptors (Lipinski definition) is 1. The van der Waals surface area contributed by atoms with Crippen molar-refractivity contribution in [3.63, 3.8) is 0 Å². The van der Waals surface area contributed by atoms with Crippen LogP contribution < -0.4 is 0 Å². The topological polar surface area (TPSA) is 37.3 Å². The maximum Gasteiger partial charge on any atom is 0.460 e. The fourth-order valence-electron chi connectivity index (χ4n) is 2.85. The third kappa shape index (κ3) is 6.12. The van der Waals surface area contributed by atoms with Gasteiger partial charge in [0.05, 0.1) is 33.6 Å². The zero-order chi connectivity index (χ0) is 30.3. The van der Waals surface area contributed by atoms with Crippen LogP contribution in [0.15, 0.2) is 0 Å². The van der Waals surface area contributed by atoms with Crippen LogP contribution in [-0.4, -0.2) is 90.4 Å². The van der Waals surface area contributed by atoms with Crippen molar-refractivity contribution in [1.82, 2.24) is 0 Å². The van der Waals surface area contributed by atoms with Crippen LogP contribution in [0.3, 0.4) is 0 Å². The predicted molar refractivity (Wildman–Crippen MR) is 88.6 cm³/mol. The summed E-state index contributed by atoms with van der Waals surface area (Å²) in [4.78, 5) is 10.4. The molecule has 0 heterocycles. The van der Waals surface area contributed by atoms with Gasteiger partial charge >= 0.3 is 53.6 Å². The molecule has 0 saturated heterocycles. The molecule has 0 aliphatic heterocycles. The molecule has 0 rings (SSSR count). The van der Waals surface area contributed by atoms with Crippen LogP contribution in [0.5, 0.6) is 0 Å². The van der Waals surface area contributed by atoms with Crippen LogP contribution in [0.2, 0.25) is 0 Å². The molecule has 222 valence electrons. The van der Waals surface area contributed by atoms with Gasteiger partial charge in [0.2, 0.25) is 0 Å². The zero-order valence-corrected chi connectivity index (χ0v) is 18.5. The minimum atomic E-state index is -8.63. The highest BCUT2D eigenvalue weighted by Crippen LogP contribution is 2.64. The Bertz CT molecular complexity index is 804. The first-order chi connectivity index (χ1) is 15.9. The van der Waals surface area contributed by atoms with Crippen LogP contribution in [-0.2, 0) is 4.79 Å². The number of hydrogen-bond donors (Lipinski definition) is 1. The van der Waals surface area contributed by atoms with E-state index in [1.54, 1.807) is 0 Å². The van der Waals surface area contributed by atoms with E-state index >= 15 is 0 Å². The van der Waals surface area contributed by atoms with E-state index in [-0.39, 0.29) is 13.0 Å². The summed E-state index contributed by atoms with van der Waals surface area (Å²) in [6.07, 6.45) is -12.1. The van der Waals surface area contributed by atoms with Gasteiger partial charge in [-0.2, -0.15) is 74.6 Å². The molecule has 1 N–H and O–H groups in total. The summed E-state index contributed by atoms with van der Waals surface area (Å²) in [5.41, 5.74) is 0. The summed E-state index contributed by atoms with van der Waals surface area (Å²) in [6, 6.07) is 0. The van der Waals surface area contributed by atoms with Crippen molar-refractivity contribution < 1.29 is 89.0 Å². The van der Waals surface area contributed by atoms with Gasteiger partial charge in [0, 0.05) is 19.3 Å². The van der Waals surface area contributed by atoms with Gasteiger partial charge in [-0.1, -0.05) is 0 Å². The van der Waals surface area contributed by atoms with Crippen molar-refractivity contribution in [1.29, 1.82) is 0 Å². The Hall–Kier alpha value is -1.76. The molecule has 0 bridgehead atoms. The van der Waals surface area contributed by atoms with E-state index in [4.69, 9.17) is 5.11 Å². The van der Waals surface area contributed by atoms with Gasteiger partial charge in [0.1, 0.15) is 0 Å². The largest absolute Gasteiger partial charge is 0.481 e. The maximum atomic E-state index is 13.9. The molecule has 0 atom stereocenters. The summed E-state index contributed by atoms with van der Waals surface area (Å²) in [5, 5.41) is 8.50. The Labute approximate surface area is 196 Å². The van der Waals surface area contributed by atoms with Crippen molar-refractivity contribution in [2.75, 3.05) is 27.2 Å². The SMILES string of the molecule is C[N+](C)(CCCC(=O)O)CCCC(F)(F)C(F)(F)C(F)(F)C(F)(F)C(F)(F)C(F)(F)C(F)(F)C(F)(F)F. The fourth-order valence-corrected chi connectivity index (χ4v) is 2.85. The Morgan fingerprint density at radius 1 is 0.568 bits per heavy atom. The third-order valence-electron chi connectivity index (χ3n) is 5.20. The Balaban J connectivity index is 6.07. The van der Waals surface area contributed by atoms with Gasteiger partial charge in [-0.05, 0) is 0 Å². The molecule has 3 nitrogen and oxygen atoms in total. The average molecular weight is 592 g/mol. The molecule has 20 heteroatoms. The lowest BCUT2D eigenvalue weighted by Gasteiger charge is -2.43. The smallest absolute Gasteiger partial charge is 0.460 e. The Morgan fingerprint density at radius 2 is 0.892 bits per heavy atom. The number of alkyl halides is 17. The minimum Gasteiger partial charge on any atom is -0.481 e. The van der Waals surface area contributed by atoms with E-state index in [1.807, 2.05) is 0 Å². The van der Waals surface area contributed by atoms with Gasteiger partial charge in [0.25, 0.3) is 0 Å². The number of nitrogens with zero attached hydrogens (tertiary/aromatic N) is 1. The van der Waals surface area contributed by atoms with Crippen LogP contribution in [0.1, 0.15) is 25.7 Å². The molecule has 0 fully saturated rings. The molecule has 37 heavy (non-hydrogen) atoms. The molecule has 0 amide bonds. The van der Waals surface area contributed by atoms with Crippen molar-refractivity contribution in [3.05, 3.63) is 0 Å². The normalized spacial score (nSPS) is 15.8. The first-order valence-electron chi connectivity index (χ1n) is 9.62. The van der Waals surface area contributed by atoms with Gasteiger partial charge in [-0.15, -0.1) is 0 Å². The molecular formula is C17H19F17NO2+. The number of carboxylic acid groups (broad SMARTS) is 1. The molecule has 0 aliphatic rings. The molecular weight excluding hydrogens is 573 g/mol. The van der Waals surface area contributed by atoms with Gasteiger partial charge in [-0.3, -0.25) is 4.79 Å². The van der Waals surface area contributed by atoms with Gasteiger partial charge in [-0.25, -0.2) is 0 Å². The van der Waals surface area contributed by atoms with Crippen molar-refractivity contribution in [2.45, 2.75) is 73.3 Å². The molecule has 0 saturated carbocycles. The molecule has 0 aromatic rings. The van der Waals surface area contributed by atoms with Gasteiger partial charge < -0.3 is 9.59 Å². The van der Waals surface area contributed by atoms with E-state index < -0.39 is 83.9 Å². The molecule has 0 aliphatic carbocycles. The molecule has 0 unspecified atom stereocenters. The summed E-state index contributed by atoms with van der Waals surface area (Å²) in [5.74, 6) is -57.6. The molecule has 0 radical (unpaired) electrons. The monoisotopic (exact) mass is 592 g/mol. The highest BCUT2D eigenvalue weighted by atomic mass is 19.4. The van der Waals surface area contributed by atoms with Crippen molar-refractivity contribution in [3.8, 4) is 0 Å². The summed E-state index contributed by atoms with van der Waals surface area (Å²) in [7, 11) is 2.40. The second-order valence-corrected chi connectivity index (χ2v) is 8.63. The first kappa shape index (κ1) is 35.2. The van der Waals surface area contributed by atoms with Crippen LogP contribution in [0.25, 0.3) is 0 Å². The highest BCUT2D eigenvalue weighted by molar-refractivity contribution is 5.66. The van der Waals surface area contributed by atoms with E-state index in [0.717, 1.165) is 0 Å². The van der Waals surface area contributed by atoms with Crippen LogP contribution in [0, 0.1) is 0 Å². The van der Waals surface area contributed by atoms with E-state index in [2.05, 4.69) is 0 Å². The second kappa shape index (κ2) is 10.1. The van der Waals surface area contributed by atoms with E-state index in [1.165, 1.54) is 14.1 Å². The number of aliphatic carboxylic acids is 1. The lowest BCUT2D eigenvalue weighted by atomic mass is 9.88. The average Bonchev–Trinajstić information content (AvgIpc) is 2.65. The molecule has 0 aromatic heterocycles. The third-order valence-corrected chi connectivity index (χ3v) is 5.20. The number of rotatable bonds is 14. The van der Waals surface area contributed by atoms with Crippen molar-refractivity contribution in [2.24, 2.45) is 0 Å². The first-order valence-corrected chi connectivity index (χ1v) is 9.62. The second-order valence-electron chi connectivity index (χ2n) is 8.63. The van der Waals surface area contributed by atoms with Gasteiger partial charge in [0.15, 0.2) is 0 Å². The zero-order valence-electron chi connectivity index (χ0n) is 18.5. The Morgan fingerprint density at radius 3 is 1.24 bits per heavy atom. The molecule has 0 spiro atoms. The van der Waals surface area contributed by atoms with E-state index in [9.17, 15) is 79.4 Å². The number of halogens is 17. The number of carboxylic acids is 1. The summed E-state index contributed by atoms with van der Waals surface area (Å²) in [6.45, 7) is -0.781. The van der Waals surface area contributed by atoms with Crippen LogP contribution in [0.4, 0.5) is 74.6 Å². The number of carbonyl (C=O) groups is 1. The standard InChI is InChI=1S/C17H18F17NO2/c1-35(2,7-3-5-9(36)37)8-4-6-10(18,19)11(20,21)12(22,23)13(24,25)14(26,27)15(28,29)16(30,31)17(32,33)34/h3-8H2,1-2H3/p+1. The Kier molecular flexibility index (Phi) is 9.61. The van der Waals surface area contributed by atoms with Crippen molar-refractivity contribution >= 4 is 5.97 Å². The maximum absolute atomic E-state index is 13.9. The fraction of sp³-hybridized carbons (Fsp3) is 0.941. The lowest BCUT2D eigenvalue weighted by molar-refractivity contribution is -0.890. The van der Waals surface area contributed by atoms with Crippen LogP contribution >= 0.6 is 0 Å². The highest BCUT2D eigenvalue weighted by Gasteiger charge is 2.95. The summed E-state index contributed by atoms with van der Waals surface area (Å²) >= 11 is 0. The summed E-state index contributed by atoms with van der Waals surface area (Å²) < 4.78 is 224.